The Morgan fingerprint density at radius 3 is 2.77 bits per heavy atom. The van der Waals surface area contributed by atoms with Gasteiger partial charge in [-0.15, -0.1) is 11.3 Å². The smallest absolute Gasteiger partial charge is 0.232 e. The topological polar surface area (TPSA) is 98.6 Å². The van der Waals surface area contributed by atoms with Crippen molar-refractivity contribution in [2.75, 3.05) is 26.1 Å². The molecule has 2 atom stereocenters. The van der Waals surface area contributed by atoms with Crippen LogP contribution >= 0.6 is 11.3 Å². The van der Waals surface area contributed by atoms with E-state index >= 15 is 0 Å². The number of carbonyl (C=O) groups excluding carboxylic acids is 2. The summed E-state index contributed by atoms with van der Waals surface area (Å²) < 4.78 is 12.0. The molecule has 9 nitrogen and oxygen atoms in total. The monoisotopic (exact) mass is 435 g/mol. The molecule has 10 heteroatoms. The molecule has 0 aliphatic carbocycles. The van der Waals surface area contributed by atoms with E-state index in [1.54, 1.807) is 30.0 Å². The van der Waals surface area contributed by atoms with E-state index in [0.29, 0.717) is 24.9 Å². The van der Waals surface area contributed by atoms with Crippen molar-refractivity contribution in [1.82, 2.24) is 19.7 Å². The summed E-state index contributed by atoms with van der Waals surface area (Å²) in [7, 11) is 3.23. The van der Waals surface area contributed by atoms with Crippen LogP contribution in [0.1, 0.15) is 44.5 Å². The Balaban J connectivity index is 1.86. The molecular weight excluding hydrogens is 406 g/mol. The fourth-order valence-corrected chi connectivity index (χ4v) is 4.46. The van der Waals surface area contributed by atoms with Gasteiger partial charge in [0.25, 0.3) is 0 Å². The van der Waals surface area contributed by atoms with Gasteiger partial charge < -0.3 is 19.7 Å². The minimum atomic E-state index is -0.536. The molecule has 30 heavy (non-hydrogen) atoms. The number of amides is 2. The van der Waals surface area contributed by atoms with Crippen LogP contribution in [-0.4, -0.2) is 57.8 Å². The van der Waals surface area contributed by atoms with Crippen LogP contribution in [0.15, 0.2) is 17.8 Å². The van der Waals surface area contributed by atoms with Crippen LogP contribution in [0.3, 0.4) is 0 Å². The molecule has 0 radical (unpaired) electrons. The van der Waals surface area contributed by atoms with Crippen molar-refractivity contribution in [3.63, 3.8) is 0 Å². The molecule has 2 aromatic heterocycles. The van der Waals surface area contributed by atoms with E-state index in [2.05, 4.69) is 15.4 Å². The van der Waals surface area contributed by atoms with E-state index in [1.165, 1.54) is 11.3 Å². The lowest BCUT2D eigenvalue weighted by Gasteiger charge is -2.38. The van der Waals surface area contributed by atoms with E-state index in [-0.39, 0.29) is 18.2 Å². The van der Waals surface area contributed by atoms with Gasteiger partial charge in [-0.05, 0) is 20.8 Å². The first-order valence-electron chi connectivity index (χ1n) is 9.82. The van der Waals surface area contributed by atoms with Crippen LogP contribution in [0, 0.1) is 5.92 Å². The molecule has 0 aromatic carbocycles. The number of hydrogen-bond donors (Lipinski definition) is 1. The number of hydrogen-bond acceptors (Lipinski definition) is 7. The fraction of sp³-hybridized carbons (Fsp3) is 0.600. The number of aromatic nitrogens is 3. The molecule has 0 saturated carbocycles. The van der Waals surface area contributed by atoms with Gasteiger partial charge in [0.05, 0.1) is 43.6 Å². The highest BCUT2D eigenvalue weighted by atomic mass is 32.1. The lowest BCUT2D eigenvalue weighted by molar-refractivity contribution is -0.133. The molecule has 1 aliphatic rings. The van der Waals surface area contributed by atoms with Gasteiger partial charge in [-0.3, -0.25) is 14.3 Å². The summed E-state index contributed by atoms with van der Waals surface area (Å²) in [5.74, 6) is -0.800. The van der Waals surface area contributed by atoms with Crippen LogP contribution in [0.5, 0.6) is 0 Å². The molecule has 2 amide bonds. The van der Waals surface area contributed by atoms with Gasteiger partial charge in [-0.25, -0.2) is 4.98 Å². The maximum atomic E-state index is 13.2. The van der Waals surface area contributed by atoms with Gasteiger partial charge in [0, 0.05) is 43.3 Å². The quantitative estimate of drug-likeness (QED) is 0.684. The molecule has 0 bridgehead atoms. The summed E-state index contributed by atoms with van der Waals surface area (Å²) in [6, 6.07) is -0.396. The second kappa shape index (κ2) is 9.23. The van der Waals surface area contributed by atoms with Crippen LogP contribution in [0.25, 0.3) is 0 Å². The standard InChI is InChI=1S/C20H29N5O4S/c1-20(2,3)25-16(26)8-15(17(25)13-9-21-24(10-13)6-7-28-4)18(27)23-19-22-14(11-29-5)12-30-19/h9-10,12,15,17H,6-8,11H2,1-5H3,(H,22,23,27). The van der Waals surface area contributed by atoms with E-state index in [0.717, 1.165) is 11.3 Å². The zero-order valence-electron chi connectivity index (χ0n) is 18.0. The Hall–Kier alpha value is -2.30. The zero-order chi connectivity index (χ0) is 21.9. The van der Waals surface area contributed by atoms with E-state index in [1.807, 2.05) is 32.3 Å². The van der Waals surface area contributed by atoms with Crippen molar-refractivity contribution in [3.05, 3.63) is 29.0 Å². The maximum Gasteiger partial charge on any atom is 0.232 e. The highest BCUT2D eigenvalue weighted by Crippen LogP contribution is 2.43. The van der Waals surface area contributed by atoms with E-state index in [4.69, 9.17) is 9.47 Å². The summed E-state index contributed by atoms with van der Waals surface area (Å²) in [6.07, 6.45) is 3.77. The van der Waals surface area contributed by atoms with Crippen molar-refractivity contribution in [2.45, 2.75) is 51.9 Å². The van der Waals surface area contributed by atoms with Crippen molar-refractivity contribution in [1.29, 1.82) is 0 Å². The minimum absolute atomic E-state index is 0.0449. The second-order valence-corrected chi connectivity index (χ2v) is 9.14. The third-order valence-corrected chi connectivity index (χ3v) is 5.78. The molecular formula is C20H29N5O4S. The normalized spacial score (nSPS) is 19.5. The number of methoxy groups -OCH3 is 2. The predicted molar refractivity (Wildman–Crippen MR) is 113 cm³/mol. The average molecular weight is 436 g/mol. The predicted octanol–water partition coefficient (Wildman–Crippen LogP) is 2.46. The average Bonchev–Trinajstić information content (AvgIpc) is 3.38. The van der Waals surface area contributed by atoms with Crippen LogP contribution < -0.4 is 5.32 Å². The molecule has 1 aliphatic heterocycles. The van der Waals surface area contributed by atoms with Gasteiger partial charge in [-0.1, -0.05) is 0 Å². The summed E-state index contributed by atoms with van der Waals surface area (Å²) in [6.45, 7) is 7.45. The summed E-state index contributed by atoms with van der Waals surface area (Å²) >= 11 is 1.34. The third kappa shape index (κ3) is 4.88. The molecule has 2 aromatic rings. The molecule has 0 spiro atoms. The highest BCUT2D eigenvalue weighted by molar-refractivity contribution is 7.13. The SMILES string of the molecule is COCCn1cc(C2C(C(=O)Nc3nc(COC)cs3)CC(=O)N2C(C)(C)C)cn1. The molecule has 3 heterocycles. The minimum Gasteiger partial charge on any atom is -0.383 e. The molecule has 1 N–H and O–H groups in total. The Kier molecular flexibility index (Phi) is 6.89. The number of likely N-dealkylation sites (tertiary alicyclic amines) is 1. The molecule has 2 unspecified atom stereocenters. The summed E-state index contributed by atoms with van der Waals surface area (Å²) in [4.78, 5) is 32.2. The first-order valence-corrected chi connectivity index (χ1v) is 10.7. The van der Waals surface area contributed by atoms with Crippen molar-refractivity contribution < 1.29 is 19.1 Å². The van der Waals surface area contributed by atoms with Crippen LogP contribution in [-0.2, 0) is 32.2 Å². The van der Waals surface area contributed by atoms with Crippen molar-refractivity contribution >= 4 is 28.3 Å². The number of nitrogens with zero attached hydrogens (tertiary/aromatic N) is 4. The molecule has 3 rings (SSSR count). The molecule has 164 valence electrons. The van der Waals surface area contributed by atoms with Gasteiger partial charge >= 0.3 is 0 Å². The van der Waals surface area contributed by atoms with Gasteiger partial charge in [0.15, 0.2) is 5.13 Å². The lowest BCUT2D eigenvalue weighted by Crippen LogP contribution is -2.44. The number of ether oxygens (including phenoxy) is 2. The number of thiazole rings is 1. The van der Waals surface area contributed by atoms with Crippen molar-refractivity contribution in [3.8, 4) is 0 Å². The lowest BCUT2D eigenvalue weighted by atomic mass is 9.93. The number of carbonyl (C=O) groups is 2. The van der Waals surface area contributed by atoms with E-state index < -0.39 is 17.5 Å². The number of anilines is 1. The molecule has 1 saturated heterocycles. The first kappa shape index (κ1) is 22.4. The Bertz CT molecular complexity index is 888. The fourth-order valence-electron chi connectivity index (χ4n) is 3.76. The highest BCUT2D eigenvalue weighted by Gasteiger charge is 2.49. The second-order valence-electron chi connectivity index (χ2n) is 8.29. The third-order valence-electron chi connectivity index (χ3n) is 4.98. The Labute approximate surface area is 180 Å². The summed E-state index contributed by atoms with van der Waals surface area (Å²) in [5.41, 5.74) is 1.16. The number of rotatable bonds is 8. The van der Waals surface area contributed by atoms with Gasteiger partial charge in [-0.2, -0.15) is 5.10 Å². The Morgan fingerprint density at radius 1 is 1.33 bits per heavy atom. The van der Waals surface area contributed by atoms with Gasteiger partial charge in [0.2, 0.25) is 11.8 Å². The molecule has 1 fully saturated rings. The van der Waals surface area contributed by atoms with Crippen LogP contribution in [0.2, 0.25) is 0 Å². The summed E-state index contributed by atoms with van der Waals surface area (Å²) in [5, 5.41) is 9.62. The largest absolute Gasteiger partial charge is 0.383 e. The van der Waals surface area contributed by atoms with Gasteiger partial charge in [0.1, 0.15) is 0 Å². The Morgan fingerprint density at radius 2 is 2.10 bits per heavy atom. The van der Waals surface area contributed by atoms with Crippen molar-refractivity contribution in [2.24, 2.45) is 5.92 Å². The maximum absolute atomic E-state index is 13.2. The first-order chi connectivity index (χ1) is 14.2. The number of nitrogens with one attached hydrogen (secondary N) is 1. The van der Waals surface area contributed by atoms with E-state index in [9.17, 15) is 9.59 Å². The van der Waals surface area contributed by atoms with Crippen LogP contribution in [0.4, 0.5) is 5.13 Å². The zero-order valence-corrected chi connectivity index (χ0v) is 18.9.